The van der Waals surface area contributed by atoms with Crippen LogP contribution in [-0.2, 0) is 0 Å². The first kappa shape index (κ1) is 13.7. The SMILES string of the molecule is C\C=C(CN)/N=C(C)\C=C/C(=C\N)CC. The van der Waals surface area contributed by atoms with Crippen LogP contribution in [0.25, 0.3) is 0 Å². The van der Waals surface area contributed by atoms with Crippen molar-refractivity contribution in [2.45, 2.75) is 27.2 Å². The molecule has 0 aliphatic rings. The van der Waals surface area contributed by atoms with E-state index in [2.05, 4.69) is 11.9 Å². The summed E-state index contributed by atoms with van der Waals surface area (Å²) in [5, 5.41) is 0. The molecule has 0 saturated heterocycles. The minimum absolute atomic E-state index is 0.467. The molecule has 4 N–H and O–H groups in total. The highest BCUT2D eigenvalue weighted by Crippen LogP contribution is 2.01. The van der Waals surface area contributed by atoms with Crippen LogP contribution in [0.4, 0.5) is 0 Å². The zero-order valence-electron chi connectivity index (χ0n) is 9.83. The van der Waals surface area contributed by atoms with Crippen LogP contribution in [0.15, 0.2) is 40.7 Å². The van der Waals surface area contributed by atoms with Crippen LogP contribution < -0.4 is 11.5 Å². The lowest BCUT2D eigenvalue weighted by Crippen LogP contribution is -2.02. The van der Waals surface area contributed by atoms with E-state index in [4.69, 9.17) is 11.5 Å². The highest BCUT2D eigenvalue weighted by atomic mass is 14.8. The molecule has 15 heavy (non-hydrogen) atoms. The topological polar surface area (TPSA) is 64.4 Å². The van der Waals surface area contributed by atoms with Gasteiger partial charge in [0, 0.05) is 18.0 Å². The van der Waals surface area contributed by atoms with Crippen molar-refractivity contribution in [3.63, 3.8) is 0 Å². The maximum absolute atomic E-state index is 5.51. The minimum Gasteiger partial charge on any atom is -0.404 e. The lowest BCUT2D eigenvalue weighted by Gasteiger charge is -1.98. The zero-order chi connectivity index (χ0) is 11.7. The molecule has 3 heteroatoms. The summed E-state index contributed by atoms with van der Waals surface area (Å²) >= 11 is 0. The van der Waals surface area contributed by atoms with Crippen LogP contribution in [-0.4, -0.2) is 12.3 Å². The summed E-state index contributed by atoms with van der Waals surface area (Å²) in [6.45, 7) is 6.40. The molecule has 0 aromatic carbocycles. The zero-order valence-corrected chi connectivity index (χ0v) is 9.83. The summed E-state index contributed by atoms with van der Waals surface area (Å²) < 4.78 is 0. The van der Waals surface area contributed by atoms with Crippen LogP contribution in [0, 0.1) is 0 Å². The summed E-state index contributed by atoms with van der Waals surface area (Å²) in [6.07, 6.45) is 8.37. The second kappa shape index (κ2) is 8.00. The standard InChI is InChI=1S/C12H21N3/c1-4-11(8-13)7-6-10(3)15-12(5-2)9-14/h5-8H,4,9,13-14H2,1-3H3/b7-6-,11-8-,12-5-,15-10-. The number of hydrogen-bond donors (Lipinski definition) is 2. The molecular weight excluding hydrogens is 186 g/mol. The molecule has 0 radical (unpaired) electrons. The number of nitrogens with two attached hydrogens (primary N) is 2. The van der Waals surface area contributed by atoms with Gasteiger partial charge >= 0.3 is 0 Å². The third-order valence-corrected chi connectivity index (χ3v) is 2.02. The van der Waals surface area contributed by atoms with E-state index in [0.717, 1.165) is 23.4 Å². The van der Waals surface area contributed by atoms with Gasteiger partial charge in [-0.15, -0.1) is 0 Å². The molecular formula is C12H21N3. The Hall–Kier alpha value is -1.35. The molecule has 0 aliphatic carbocycles. The first-order valence-corrected chi connectivity index (χ1v) is 5.17. The quantitative estimate of drug-likeness (QED) is 0.535. The van der Waals surface area contributed by atoms with Gasteiger partial charge in [-0.3, -0.25) is 4.99 Å². The number of rotatable bonds is 5. The van der Waals surface area contributed by atoms with Gasteiger partial charge in [-0.1, -0.05) is 19.1 Å². The van der Waals surface area contributed by atoms with Gasteiger partial charge in [0.15, 0.2) is 0 Å². The molecule has 0 saturated carbocycles. The van der Waals surface area contributed by atoms with Gasteiger partial charge in [-0.05, 0) is 38.1 Å². The van der Waals surface area contributed by atoms with Crippen LogP contribution in [0.1, 0.15) is 27.2 Å². The average Bonchev–Trinajstić information content (AvgIpc) is 2.27. The Morgan fingerprint density at radius 1 is 1.33 bits per heavy atom. The molecule has 0 atom stereocenters. The lowest BCUT2D eigenvalue weighted by molar-refractivity contribution is 1.10. The van der Waals surface area contributed by atoms with Crippen molar-refractivity contribution in [2.24, 2.45) is 16.5 Å². The second-order valence-electron chi connectivity index (χ2n) is 3.17. The van der Waals surface area contributed by atoms with Gasteiger partial charge in [0.2, 0.25) is 0 Å². The number of hydrogen-bond acceptors (Lipinski definition) is 3. The molecule has 0 aromatic heterocycles. The van der Waals surface area contributed by atoms with Gasteiger partial charge < -0.3 is 11.5 Å². The molecule has 0 rings (SSSR count). The Morgan fingerprint density at radius 3 is 2.40 bits per heavy atom. The number of aliphatic imine (C=N–C) groups is 1. The molecule has 3 nitrogen and oxygen atoms in total. The maximum Gasteiger partial charge on any atom is 0.0500 e. The highest BCUT2D eigenvalue weighted by Gasteiger charge is 1.90. The van der Waals surface area contributed by atoms with E-state index < -0.39 is 0 Å². The predicted octanol–water partition coefficient (Wildman–Crippen LogP) is 2.12. The van der Waals surface area contributed by atoms with Crippen LogP contribution in [0.5, 0.6) is 0 Å². The summed E-state index contributed by atoms with van der Waals surface area (Å²) in [5.41, 5.74) is 13.9. The van der Waals surface area contributed by atoms with Crippen molar-refractivity contribution in [3.8, 4) is 0 Å². The van der Waals surface area contributed by atoms with E-state index in [1.807, 2.05) is 32.1 Å². The normalized spacial score (nSPS) is 15.1. The first-order valence-electron chi connectivity index (χ1n) is 5.17. The van der Waals surface area contributed by atoms with E-state index in [1.165, 1.54) is 0 Å². The Bertz CT molecular complexity index is 296. The molecule has 0 heterocycles. The maximum atomic E-state index is 5.51. The number of allylic oxidation sites excluding steroid dienone is 4. The van der Waals surface area contributed by atoms with Gasteiger partial charge in [0.1, 0.15) is 0 Å². The Morgan fingerprint density at radius 2 is 2.00 bits per heavy atom. The summed E-state index contributed by atoms with van der Waals surface area (Å²) in [5.74, 6) is 0. The smallest absolute Gasteiger partial charge is 0.0500 e. The minimum atomic E-state index is 0.467. The molecule has 0 fully saturated rings. The van der Waals surface area contributed by atoms with Gasteiger partial charge in [0.25, 0.3) is 0 Å². The monoisotopic (exact) mass is 207 g/mol. The van der Waals surface area contributed by atoms with Crippen molar-refractivity contribution in [1.82, 2.24) is 0 Å². The van der Waals surface area contributed by atoms with Crippen molar-refractivity contribution in [2.75, 3.05) is 6.54 Å². The average molecular weight is 207 g/mol. The lowest BCUT2D eigenvalue weighted by atomic mass is 10.2. The van der Waals surface area contributed by atoms with Crippen molar-refractivity contribution in [1.29, 1.82) is 0 Å². The van der Waals surface area contributed by atoms with Crippen molar-refractivity contribution < 1.29 is 0 Å². The molecule has 84 valence electrons. The predicted molar refractivity (Wildman–Crippen MR) is 67.6 cm³/mol. The third kappa shape index (κ3) is 5.86. The van der Waals surface area contributed by atoms with E-state index in [0.29, 0.717) is 6.54 Å². The molecule has 0 unspecified atom stereocenters. The summed E-state index contributed by atoms with van der Waals surface area (Å²) in [6, 6.07) is 0. The Labute approximate surface area is 92.3 Å². The highest BCUT2D eigenvalue weighted by molar-refractivity contribution is 5.93. The fourth-order valence-electron chi connectivity index (χ4n) is 1.01. The molecule has 0 spiro atoms. The summed E-state index contributed by atoms with van der Waals surface area (Å²) in [4.78, 5) is 4.35. The molecule has 0 aliphatic heterocycles. The summed E-state index contributed by atoms with van der Waals surface area (Å²) in [7, 11) is 0. The van der Waals surface area contributed by atoms with Crippen molar-refractivity contribution >= 4 is 5.71 Å². The van der Waals surface area contributed by atoms with Crippen LogP contribution in [0.3, 0.4) is 0 Å². The number of nitrogens with zero attached hydrogens (tertiary/aromatic N) is 1. The van der Waals surface area contributed by atoms with E-state index in [-0.39, 0.29) is 0 Å². The fourth-order valence-corrected chi connectivity index (χ4v) is 1.01. The first-order chi connectivity index (χ1) is 7.17. The van der Waals surface area contributed by atoms with Gasteiger partial charge in [-0.2, -0.15) is 0 Å². The Kier molecular flexibility index (Phi) is 7.28. The Balaban J connectivity index is 4.54. The molecule has 0 bridgehead atoms. The second-order valence-corrected chi connectivity index (χ2v) is 3.17. The third-order valence-electron chi connectivity index (χ3n) is 2.02. The van der Waals surface area contributed by atoms with Gasteiger partial charge in [-0.25, -0.2) is 0 Å². The van der Waals surface area contributed by atoms with E-state index >= 15 is 0 Å². The largest absolute Gasteiger partial charge is 0.404 e. The van der Waals surface area contributed by atoms with E-state index in [1.54, 1.807) is 6.20 Å². The van der Waals surface area contributed by atoms with Crippen molar-refractivity contribution in [3.05, 3.63) is 35.7 Å². The van der Waals surface area contributed by atoms with E-state index in [9.17, 15) is 0 Å². The molecule has 0 aromatic rings. The van der Waals surface area contributed by atoms with Gasteiger partial charge in [0.05, 0.1) is 0 Å². The molecule has 0 amide bonds. The fraction of sp³-hybridized carbons (Fsp3) is 0.417. The van der Waals surface area contributed by atoms with Crippen LogP contribution >= 0.6 is 0 Å². The van der Waals surface area contributed by atoms with Crippen LogP contribution in [0.2, 0.25) is 0 Å².